The van der Waals surface area contributed by atoms with E-state index >= 15 is 0 Å². The summed E-state index contributed by atoms with van der Waals surface area (Å²) in [7, 11) is 0. The molecule has 0 amide bonds. The third kappa shape index (κ3) is 4.14. The van der Waals surface area contributed by atoms with Gasteiger partial charge < -0.3 is 19.7 Å². The Labute approximate surface area is 153 Å². The van der Waals surface area contributed by atoms with Gasteiger partial charge in [0.2, 0.25) is 0 Å². The topological polar surface area (TPSA) is 93.1 Å². The molecule has 2 rings (SSSR count). The van der Waals surface area contributed by atoms with Crippen molar-refractivity contribution in [3.8, 4) is 0 Å². The van der Waals surface area contributed by atoms with Crippen LogP contribution in [0.4, 0.5) is 0 Å². The van der Waals surface area contributed by atoms with Crippen LogP contribution < -0.4 is 0 Å². The van der Waals surface area contributed by atoms with Gasteiger partial charge in [-0.05, 0) is 51.0 Å². The van der Waals surface area contributed by atoms with Gasteiger partial charge in [-0.2, -0.15) is 0 Å². The Morgan fingerprint density at radius 3 is 2.42 bits per heavy atom. The third-order valence-corrected chi connectivity index (χ3v) is 4.97. The average molecular weight is 362 g/mol. The quantitative estimate of drug-likeness (QED) is 0.443. The summed E-state index contributed by atoms with van der Waals surface area (Å²) in [4.78, 5) is 24.3. The Hall–Kier alpha value is -2.18. The molecule has 2 N–H and O–H groups in total. The van der Waals surface area contributed by atoms with E-state index in [0.717, 1.165) is 0 Å². The van der Waals surface area contributed by atoms with Crippen LogP contribution in [0.5, 0.6) is 0 Å². The van der Waals surface area contributed by atoms with Crippen LogP contribution in [0.1, 0.15) is 34.1 Å². The first-order chi connectivity index (χ1) is 12.1. The van der Waals surface area contributed by atoms with Crippen molar-refractivity contribution >= 4 is 11.9 Å². The molecule has 1 fully saturated rings. The van der Waals surface area contributed by atoms with Crippen LogP contribution in [0, 0.1) is 5.92 Å². The predicted molar refractivity (Wildman–Crippen MR) is 96.0 cm³/mol. The minimum atomic E-state index is -0.903. The number of carbonyl (C=O) groups is 2. The summed E-state index contributed by atoms with van der Waals surface area (Å²) >= 11 is 0. The number of esters is 2. The smallest absolute Gasteiger partial charge is 0.334 e. The normalized spacial score (nSPS) is 37.0. The van der Waals surface area contributed by atoms with Crippen LogP contribution in [-0.2, 0) is 19.1 Å². The van der Waals surface area contributed by atoms with E-state index in [9.17, 15) is 19.8 Å². The van der Waals surface area contributed by atoms with Gasteiger partial charge in [-0.15, -0.1) is 0 Å². The maximum Gasteiger partial charge on any atom is 0.334 e. The summed E-state index contributed by atoms with van der Waals surface area (Å²) < 4.78 is 11.0. The molecule has 26 heavy (non-hydrogen) atoms. The Kier molecular flexibility index (Phi) is 6.21. The van der Waals surface area contributed by atoms with E-state index in [1.165, 1.54) is 0 Å². The third-order valence-electron chi connectivity index (χ3n) is 4.97. The van der Waals surface area contributed by atoms with Crippen molar-refractivity contribution in [2.24, 2.45) is 5.92 Å². The maximum absolute atomic E-state index is 12.3. The van der Waals surface area contributed by atoms with E-state index in [-0.39, 0.29) is 12.0 Å². The Morgan fingerprint density at radius 2 is 1.85 bits per heavy atom. The monoisotopic (exact) mass is 362 g/mol. The highest BCUT2D eigenvalue weighted by atomic mass is 16.6. The molecule has 5 atom stereocenters. The van der Waals surface area contributed by atoms with Crippen LogP contribution in [0.3, 0.4) is 0 Å². The lowest BCUT2D eigenvalue weighted by Crippen LogP contribution is -2.34. The Bertz CT molecular complexity index is 699. The number of hydrogen-bond acceptors (Lipinski definition) is 6. The van der Waals surface area contributed by atoms with E-state index in [2.05, 4.69) is 6.58 Å². The van der Waals surface area contributed by atoms with Gasteiger partial charge >= 0.3 is 11.9 Å². The second-order valence-electron chi connectivity index (χ2n) is 6.85. The second-order valence-corrected chi connectivity index (χ2v) is 6.85. The summed E-state index contributed by atoms with van der Waals surface area (Å²) in [6, 6.07) is 0. The zero-order valence-corrected chi connectivity index (χ0v) is 15.6. The molecule has 0 bridgehead atoms. The highest BCUT2D eigenvalue weighted by molar-refractivity contribution is 5.92. The van der Waals surface area contributed by atoms with Gasteiger partial charge in [-0.1, -0.05) is 12.7 Å². The number of aliphatic hydroxyl groups excluding tert-OH is 2. The zero-order chi connectivity index (χ0) is 19.6. The summed E-state index contributed by atoms with van der Waals surface area (Å²) in [6.45, 7) is 10.6. The van der Waals surface area contributed by atoms with Gasteiger partial charge in [0.1, 0.15) is 12.2 Å². The minimum Gasteiger partial charge on any atom is -0.454 e. The standard InChI is InChI=1S/C20H26O6/c1-6-10(2)19(23)25-16-7-11(3)14(21)9-15(22)12(4)8-17-18(16)13(5)20(24)26-17/h6-8,14-18,21-22H,5,9H2,1-4H3/b10-6-,11-7-,12-8-/t14-,15?,16?,17-,18+/m1/s1. The van der Waals surface area contributed by atoms with E-state index < -0.39 is 42.3 Å². The predicted octanol–water partition coefficient (Wildman–Crippen LogP) is 1.98. The van der Waals surface area contributed by atoms with Gasteiger partial charge in [-0.25, -0.2) is 9.59 Å². The summed E-state index contributed by atoms with van der Waals surface area (Å²) in [6.07, 6.45) is 1.68. The number of rotatable bonds is 2. The first kappa shape index (κ1) is 20.1. The number of hydrogen-bond donors (Lipinski definition) is 2. The highest BCUT2D eigenvalue weighted by Crippen LogP contribution is 2.35. The molecular formula is C20H26O6. The lowest BCUT2D eigenvalue weighted by molar-refractivity contribution is -0.144. The fourth-order valence-corrected chi connectivity index (χ4v) is 3.00. The van der Waals surface area contributed by atoms with Crippen molar-refractivity contribution < 1.29 is 29.3 Å². The number of fused-ring (bicyclic) bond motifs is 1. The Balaban J connectivity index is 2.50. The van der Waals surface area contributed by atoms with Gasteiger partial charge in [0.15, 0.2) is 0 Å². The molecule has 0 aromatic rings. The molecule has 0 saturated carbocycles. The van der Waals surface area contributed by atoms with E-state index in [4.69, 9.17) is 9.47 Å². The van der Waals surface area contributed by atoms with Gasteiger partial charge in [0.05, 0.1) is 18.1 Å². The van der Waals surface area contributed by atoms with Crippen molar-refractivity contribution in [2.45, 2.75) is 58.5 Å². The first-order valence-corrected chi connectivity index (χ1v) is 8.62. The molecule has 0 aromatic carbocycles. The van der Waals surface area contributed by atoms with Crippen LogP contribution >= 0.6 is 0 Å². The van der Waals surface area contributed by atoms with E-state index in [0.29, 0.717) is 16.7 Å². The van der Waals surface area contributed by atoms with Crippen molar-refractivity contribution in [1.82, 2.24) is 0 Å². The molecule has 1 aliphatic carbocycles. The van der Waals surface area contributed by atoms with Crippen LogP contribution in [0.2, 0.25) is 0 Å². The lowest BCUT2D eigenvalue weighted by Gasteiger charge is -2.27. The number of aliphatic hydroxyl groups is 2. The summed E-state index contributed by atoms with van der Waals surface area (Å²) in [5, 5.41) is 20.6. The van der Waals surface area contributed by atoms with Crippen molar-refractivity contribution in [1.29, 1.82) is 0 Å². The molecule has 6 heteroatoms. The number of carbonyl (C=O) groups excluding carboxylic acids is 2. The first-order valence-electron chi connectivity index (χ1n) is 8.62. The zero-order valence-electron chi connectivity index (χ0n) is 15.6. The van der Waals surface area contributed by atoms with Crippen molar-refractivity contribution in [2.75, 3.05) is 0 Å². The van der Waals surface area contributed by atoms with Gasteiger partial charge in [-0.3, -0.25) is 0 Å². The summed E-state index contributed by atoms with van der Waals surface area (Å²) in [5.41, 5.74) is 1.75. The van der Waals surface area contributed by atoms with Crippen LogP contribution in [0.25, 0.3) is 0 Å². The molecule has 0 aromatic heterocycles. The molecule has 2 unspecified atom stereocenters. The fourth-order valence-electron chi connectivity index (χ4n) is 3.00. The lowest BCUT2D eigenvalue weighted by atomic mass is 9.86. The molecule has 1 saturated heterocycles. The van der Waals surface area contributed by atoms with Crippen molar-refractivity contribution in [3.63, 3.8) is 0 Å². The number of ether oxygens (including phenoxy) is 2. The fraction of sp³-hybridized carbons (Fsp3) is 0.500. The second kappa shape index (κ2) is 8.01. The Morgan fingerprint density at radius 1 is 1.27 bits per heavy atom. The van der Waals surface area contributed by atoms with Gasteiger partial charge in [0, 0.05) is 17.6 Å². The molecular weight excluding hydrogens is 336 g/mol. The van der Waals surface area contributed by atoms with Gasteiger partial charge in [0.25, 0.3) is 0 Å². The van der Waals surface area contributed by atoms with E-state index in [1.54, 1.807) is 45.9 Å². The SMILES string of the molecule is C=C1C(=O)O[C@@H]2/C=C(/C)C(O)C[C@@H](O)/C(C)=C\C(OC(=O)/C(C)=C\C)[C@H]12. The maximum atomic E-state index is 12.3. The number of allylic oxidation sites excluding steroid dienone is 1. The molecule has 2 aliphatic rings. The van der Waals surface area contributed by atoms with E-state index in [1.807, 2.05) is 0 Å². The highest BCUT2D eigenvalue weighted by Gasteiger charge is 2.44. The molecule has 0 radical (unpaired) electrons. The molecule has 1 heterocycles. The minimum absolute atomic E-state index is 0.103. The largest absolute Gasteiger partial charge is 0.454 e. The van der Waals surface area contributed by atoms with Crippen molar-refractivity contribution in [3.05, 3.63) is 47.1 Å². The summed E-state index contributed by atoms with van der Waals surface area (Å²) in [5.74, 6) is -1.70. The molecule has 142 valence electrons. The molecule has 0 spiro atoms. The van der Waals surface area contributed by atoms with Crippen LogP contribution in [-0.4, -0.2) is 46.6 Å². The van der Waals surface area contributed by atoms with Crippen LogP contribution in [0.15, 0.2) is 47.1 Å². The average Bonchev–Trinajstić information content (AvgIpc) is 2.86. The molecule has 6 nitrogen and oxygen atoms in total. The molecule has 1 aliphatic heterocycles.